The molecule has 0 N–H and O–H groups in total. The molecule has 138 valence electrons. The minimum atomic E-state index is 0.639. The molecule has 0 amide bonds. The van der Waals surface area contributed by atoms with Crippen molar-refractivity contribution in [3.8, 4) is 16.9 Å². The fourth-order valence-corrected chi connectivity index (χ4v) is 2.79. The van der Waals surface area contributed by atoms with E-state index in [0.29, 0.717) is 5.03 Å². The number of hydrogen-bond acceptors (Lipinski definition) is 1. The number of allylic oxidation sites excluding steroid dienone is 2. The lowest BCUT2D eigenvalue weighted by atomic mass is 10.1. The van der Waals surface area contributed by atoms with Crippen LogP contribution in [0.5, 0.6) is 0 Å². The number of rotatable bonds is 3. The van der Waals surface area contributed by atoms with Crippen LogP contribution >= 0.6 is 11.6 Å². The summed E-state index contributed by atoms with van der Waals surface area (Å²) in [6.07, 6.45) is 7.94. The van der Waals surface area contributed by atoms with Crippen molar-refractivity contribution in [2.75, 3.05) is 0 Å². The lowest BCUT2D eigenvalue weighted by Crippen LogP contribution is -2.32. The topological polar surface area (TPSA) is 17.8 Å². The molecule has 0 saturated carbocycles. The molecule has 3 rings (SSSR count). The lowest BCUT2D eigenvalue weighted by molar-refractivity contribution is 0.991. The fraction of sp³-hybridized carbons (Fsp3) is 0.125. The van der Waals surface area contributed by atoms with Gasteiger partial charge in [-0.3, -0.25) is 0 Å². The first-order chi connectivity index (χ1) is 13.0. The third kappa shape index (κ3) is 5.32. The van der Waals surface area contributed by atoms with Gasteiger partial charge in [0, 0.05) is 27.7 Å². The first kappa shape index (κ1) is 20.5. The van der Waals surface area contributed by atoms with Crippen molar-refractivity contribution in [1.82, 2.24) is 9.55 Å². The summed E-state index contributed by atoms with van der Waals surface area (Å²) in [5.41, 5.74) is 4.41. The highest BCUT2D eigenvalue weighted by atomic mass is 35.5. The molecule has 0 spiro atoms. The van der Waals surface area contributed by atoms with Crippen LogP contribution in [0.1, 0.15) is 19.5 Å². The van der Waals surface area contributed by atoms with Crippen LogP contribution in [0, 0.1) is 6.92 Å². The van der Waals surface area contributed by atoms with Gasteiger partial charge >= 0.3 is 0 Å². The highest BCUT2D eigenvalue weighted by Crippen LogP contribution is 2.17. The van der Waals surface area contributed by atoms with Gasteiger partial charge in [-0.05, 0) is 45.0 Å². The first-order valence-electron chi connectivity index (χ1n) is 8.78. The van der Waals surface area contributed by atoms with Crippen LogP contribution in [0.4, 0.5) is 0 Å². The summed E-state index contributed by atoms with van der Waals surface area (Å²) < 4.78 is 2.20. The maximum absolute atomic E-state index is 5.08. The standard InChI is InChI=1S/C21H20N2.C3H5Cl/c1-4-10-19-18(5-2)21(23-14-9-11-16(23)3)15-20(22-19)17-12-7-6-8-13-17;1-3(2)4/h4-15H,1H2,2-3H3;1H2,2H3/b18-5+,19-10+;. The quantitative estimate of drug-likeness (QED) is 0.600. The zero-order chi connectivity index (χ0) is 19.8. The van der Waals surface area contributed by atoms with E-state index in [4.69, 9.17) is 16.6 Å². The van der Waals surface area contributed by atoms with Crippen LogP contribution in [-0.4, -0.2) is 9.55 Å². The van der Waals surface area contributed by atoms with E-state index in [0.717, 1.165) is 27.5 Å². The summed E-state index contributed by atoms with van der Waals surface area (Å²) in [5.74, 6) is 0. The van der Waals surface area contributed by atoms with Crippen molar-refractivity contribution in [3.63, 3.8) is 0 Å². The van der Waals surface area contributed by atoms with Crippen molar-refractivity contribution in [2.24, 2.45) is 0 Å². The van der Waals surface area contributed by atoms with Crippen LogP contribution < -0.4 is 10.6 Å². The Bertz CT molecular complexity index is 1040. The number of aromatic nitrogens is 2. The van der Waals surface area contributed by atoms with Crippen molar-refractivity contribution in [2.45, 2.75) is 20.8 Å². The average molecular weight is 377 g/mol. The second-order valence-electron chi connectivity index (χ2n) is 6.08. The van der Waals surface area contributed by atoms with Gasteiger partial charge in [0.25, 0.3) is 0 Å². The highest BCUT2D eigenvalue weighted by molar-refractivity contribution is 6.28. The van der Waals surface area contributed by atoms with Gasteiger partial charge in [0.1, 0.15) is 0 Å². The molecule has 3 aromatic rings. The summed E-state index contributed by atoms with van der Waals surface area (Å²) in [5, 5.41) is 2.69. The van der Waals surface area contributed by atoms with E-state index in [9.17, 15) is 0 Å². The first-order valence-corrected chi connectivity index (χ1v) is 9.16. The minimum Gasteiger partial charge on any atom is -0.320 e. The summed E-state index contributed by atoms with van der Waals surface area (Å²) >= 11 is 5.08. The van der Waals surface area contributed by atoms with E-state index in [1.807, 2.05) is 31.2 Å². The van der Waals surface area contributed by atoms with Crippen LogP contribution in [0.3, 0.4) is 0 Å². The largest absolute Gasteiger partial charge is 0.320 e. The van der Waals surface area contributed by atoms with E-state index in [1.165, 1.54) is 5.69 Å². The normalized spacial score (nSPS) is 11.7. The molecule has 2 aromatic heterocycles. The number of pyridine rings is 1. The van der Waals surface area contributed by atoms with Crippen molar-refractivity contribution >= 4 is 23.8 Å². The monoisotopic (exact) mass is 376 g/mol. The van der Waals surface area contributed by atoms with Gasteiger partial charge in [-0.1, -0.05) is 67.2 Å². The van der Waals surface area contributed by atoms with Gasteiger partial charge in [0.15, 0.2) is 0 Å². The molecule has 27 heavy (non-hydrogen) atoms. The Morgan fingerprint density at radius 2 is 1.81 bits per heavy atom. The van der Waals surface area contributed by atoms with Gasteiger partial charge in [0.2, 0.25) is 0 Å². The van der Waals surface area contributed by atoms with Crippen molar-refractivity contribution in [3.05, 3.63) is 95.3 Å². The molecule has 0 unspecified atom stereocenters. The molecule has 0 saturated heterocycles. The maximum Gasteiger partial charge on any atom is 0.0730 e. The zero-order valence-electron chi connectivity index (χ0n) is 16.1. The molecule has 2 heterocycles. The second-order valence-corrected chi connectivity index (χ2v) is 6.72. The predicted molar refractivity (Wildman–Crippen MR) is 118 cm³/mol. The Morgan fingerprint density at radius 1 is 1.15 bits per heavy atom. The zero-order valence-corrected chi connectivity index (χ0v) is 16.9. The van der Waals surface area contributed by atoms with Crippen LogP contribution in [0.2, 0.25) is 0 Å². The number of nitrogens with zero attached hydrogens (tertiary/aromatic N) is 2. The average Bonchev–Trinajstić information content (AvgIpc) is 3.07. The van der Waals surface area contributed by atoms with E-state index in [-0.39, 0.29) is 0 Å². The fourth-order valence-electron chi connectivity index (χ4n) is 2.79. The van der Waals surface area contributed by atoms with E-state index in [1.54, 1.807) is 13.0 Å². The molecule has 0 atom stereocenters. The summed E-state index contributed by atoms with van der Waals surface area (Å²) in [7, 11) is 0. The Hall–Kier alpha value is -2.84. The Labute approximate surface area is 166 Å². The second kappa shape index (κ2) is 9.75. The van der Waals surface area contributed by atoms with Gasteiger partial charge in [-0.2, -0.15) is 0 Å². The number of aryl methyl sites for hydroxylation is 1. The third-order valence-electron chi connectivity index (χ3n) is 3.91. The summed E-state index contributed by atoms with van der Waals surface area (Å²) in [4.78, 5) is 4.83. The molecule has 2 nitrogen and oxygen atoms in total. The van der Waals surface area contributed by atoms with Gasteiger partial charge in [0.05, 0.1) is 16.7 Å². The number of benzene rings is 1. The van der Waals surface area contributed by atoms with Crippen LogP contribution in [0.15, 0.2) is 79.0 Å². The minimum absolute atomic E-state index is 0.639. The Balaban J connectivity index is 0.000000596. The highest BCUT2D eigenvalue weighted by Gasteiger charge is 2.07. The van der Waals surface area contributed by atoms with Crippen LogP contribution in [0.25, 0.3) is 29.1 Å². The summed E-state index contributed by atoms with van der Waals surface area (Å²) in [6, 6.07) is 16.6. The van der Waals surface area contributed by atoms with Gasteiger partial charge in [-0.25, -0.2) is 4.98 Å². The van der Waals surface area contributed by atoms with E-state index >= 15 is 0 Å². The van der Waals surface area contributed by atoms with Crippen molar-refractivity contribution < 1.29 is 0 Å². The SMILES string of the molecule is C=C(C)Cl.C=C/C=c1/nc(-c2ccccc2)cc(-n2cccc2C)/c1=C/C. The Kier molecular flexibility index (Phi) is 7.39. The molecule has 0 bridgehead atoms. The van der Waals surface area contributed by atoms with E-state index < -0.39 is 0 Å². The van der Waals surface area contributed by atoms with Crippen molar-refractivity contribution in [1.29, 1.82) is 0 Å². The smallest absolute Gasteiger partial charge is 0.0730 e. The Morgan fingerprint density at radius 3 is 2.33 bits per heavy atom. The predicted octanol–water partition coefficient (Wildman–Crippen LogP) is 5.37. The molecule has 3 heteroatoms. The van der Waals surface area contributed by atoms with E-state index in [2.05, 4.69) is 67.3 Å². The molecule has 0 aliphatic heterocycles. The van der Waals surface area contributed by atoms with Gasteiger partial charge in [-0.15, -0.1) is 0 Å². The molecule has 0 aliphatic rings. The molecular formula is C24H25ClN2. The third-order valence-corrected chi connectivity index (χ3v) is 3.91. The summed E-state index contributed by atoms with van der Waals surface area (Å²) in [6.45, 7) is 13.0. The lowest BCUT2D eigenvalue weighted by Gasteiger charge is -2.11. The number of halogens is 1. The number of hydrogen-bond donors (Lipinski definition) is 0. The molecule has 1 aromatic carbocycles. The van der Waals surface area contributed by atoms with Crippen LogP contribution in [-0.2, 0) is 0 Å². The molecule has 0 fully saturated rings. The maximum atomic E-state index is 5.08. The molecule has 0 radical (unpaired) electrons. The van der Waals surface area contributed by atoms with Gasteiger partial charge < -0.3 is 4.57 Å². The molecule has 0 aliphatic carbocycles. The molecular weight excluding hydrogens is 352 g/mol.